The van der Waals surface area contributed by atoms with Crippen molar-refractivity contribution in [1.82, 2.24) is 9.13 Å². The van der Waals surface area contributed by atoms with Crippen molar-refractivity contribution >= 4 is 35.3 Å². The minimum Gasteiger partial charge on any atom is -0.463 e. The van der Waals surface area contributed by atoms with Crippen LogP contribution in [-0.2, 0) is 38.1 Å². The van der Waals surface area contributed by atoms with E-state index in [0.29, 0.717) is 18.3 Å². The fourth-order valence-electron chi connectivity index (χ4n) is 2.35. The van der Waals surface area contributed by atoms with Crippen molar-refractivity contribution in [2.24, 2.45) is 0 Å². The van der Waals surface area contributed by atoms with Crippen LogP contribution >= 0.6 is 0 Å². The molecule has 0 aliphatic carbocycles. The number of aromatic nitrogens is 2. The zero-order valence-electron chi connectivity index (χ0n) is 18.4. The molecule has 180 valence electrons. The Kier molecular flexibility index (Phi) is 10.4. The lowest BCUT2D eigenvalue weighted by Crippen LogP contribution is -2.43. The number of esters is 4. The van der Waals surface area contributed by atoms with Gasteiger partial charge >= 0.3 is 29.6 Å². The highest BCUT2D eigenvalue weighted by Gasteiger charge is 2.26. The first-order chi connectivity index (χ1) is 15.6. The third-order valence-corrected chi connectivity index (χ3v) is 3.60. The largest absolute Gasteiger partial charge is 0.463 e. The van der Waals surface area contributed by atoms with E-state index in [2.05, 4.69) is 4.74 Å². The topological polar surface area (TPSA) is 149 Å². The molecule has 13 heteroatoms. The predicted molar refractivity (Wildman–Crippen MR) is 110 cm³/mol. The number of hydrogen-bond donors (Lipinski definition) is 0. The molecule has 0 aliphatic heterocycles. The van der Waals surface area contributed by atoms with Gasteiger partial charge in [0.15, 0.2) is 0 Å². The van der Waals surface area contributed by atoms with Gasteiger partial charge in [0.2, 0.25) is 5.82 Å². The molecule has 1 rings (SSSR count). The number of halogens is 1. The van der Waals surface area contributed by atoms with E-state index in [9.17, 15) is 33.2 Å². The highest BCUT2D eigenvalue weighted by molar-refractivity contribution is 6.16. The minimum atomic E-state index is -1.63. The molecule has 12 nitrogen and oxygen atoms in total. The molecule has 0 aromatic carbocycles. The first-order valence-corrected chi connectivity index (χ1v) is 9.78. The number of carbonyl (C=O) groups is 4. The van der Waals surface area contributed by atoms with Gasteiger partial charge in [-0.2, -0.15) is 4.39 Å². The average molecular weight is 470 g/mol. The van der Waals surface area contributed by atoms with Gasteiger partial charge < -0.3 is 18.9 Å². The molecular weight excluding hydrogens is 447 g/mol. The van der Waals surface area contributed by atoms with Gasteiger partial charge in [0.1, 0.15) is 11.4 Å². The second-order valence-electron chi connectivity index (χ2n) is 5.77. The van der Waals surface area contributed by atoms with Crippen LogP contribution in [-0.4, -0.2) is 59.4 Å². The third-order valence-electron chi connectivity index (χ3n) is 3.60. The summed E-state index contributed by atoms with van der Waals surface area (Å²) in [5.41, 5.74) is -4.89. The van der Waals surface area contributed by atoms with Crippen LogP contribution in [0.3, 0.4) is 0 Å². The highest BCUT2D eigenvalue weighted by Crippen LogP contribution is 2.09. The summed E-state index contributed by atoms with van der Waals surface area (Å²) in [5.74, 6) is -6.36. The maximum atomic E-state index is 14.5. The predicted octanol–water partition coefficient (Wildman–Crippen LogP) is 0.0833. The van der Waals surface area contributed by atoms with Crippen LogP contribution in [0, 0.1) is 5.82 Å². The van der Waals surface area contributed by atoms with E-state index in [4.69, 9.17) is 14.2 Å². The lowest BCUT2D eigenvalue weighted by molar-refractivity contribution is -0.139. The smallest absolute Gasteiger partial charge is 0.355 e. The molecule has 0 fully saturated rings. The van der Waals surface area contributed by atoms with E-state index in [0.717, 1.165) is 0 Å². The molecule has 0 radical (unpaired) electrons. The zero-order valence-corrected chi connectivity index (χ0v) is 18.4. The second kappa shape index (κ2) is 12.7. The summed E-state index contributed by atoms with van der Waals surface area (Å²) in [6.45, 7) is 5.21. The molecule has 33 heavy (non-hydrogen) atoms. The van der Waals surface area contributed by atoms with E-state index in [1.807, 2.05) is 0 Å². The number of carbonyl (C=O) groups excluding carboxylic acids is 4. The molecule has 0 atom stereocenters. The molecule has 0 amide bonds. The normalized spacial score (nSPS) is 11.5. The lowest BCUT2D eigenvalue weighted by atomic mass is 10.3. The summed E-state index contributed by atoms with van der Waals surface area (Å²) < 4.78 is 33.7. The summed E-state index contributed by atoms with van der Waals surface area (Å²) in [7, 11) is 0. The molecule has 0 bridgehead atoms. The van der Waals surface area contributed by atoms with Crippen molar-refractivity contribution in [3.63, 3.8) is 0 Å². The number of rotatable bonds is 10. The number of nitrogens with zero attached hydrogens (tertiary/aromatic N) is 2. The third kappa shape index (κ3) is 6.98. The standard InChI is InChI=1S/C20H23FN2O10/c1-5-30-15(24)9-13(18(27)32-7-3)22-11-12(21)17(26)23(20(22)29)14(19(28)33-8-4)10-16(25)31-6-2/h9-11H,5-8H2,1-4H3/b13-9+,14-10+. The fraction of sp³-hybridized carbons (Fsp3) is 0.400. The van der Waals surface area contributed by atoms with Crippen molar-refractivity contribution in [2.45, 2.75) is 27.7 Å². The van der Waals surface area contributed by atoms with Crippen LogP contribution in [0.4, 0.5) is 4.39 Å². The van der Waals surface area contributed by atoms with E-state index in [1.165, 1.54) is 27.7 Å². The lowest BCUT2D eigenvalue weighted by Gasteiger charge is -2.14. The van der Waals surface area contributed by atoms with Gasteiger partial charge in [0, 0.05) is 0 Å². The van der Waals surface area contributed by atoms with E-state index in [1.54, 1.807) is 0 Å². The van der Waals surface area contributed by atoms with Gasteiger partial charge in [-0.05, 0) is 27.7 Å². The Morgan fingerprint density at radius 2 is 1.21 bits per heavy atom. The SMILES string of the molecule is CCOC(=O)/C=C(\C(=O)OCC)n1cc(F)c(=O)n(/C(=C/C(=O)OCC)C(=O)OCC)c1=O. The second-order valence-corrected chi connectivity index (χ2v) is 5.77. The first kappa shape index (κ1) is 27.0. The van der Waals surface area contributed by atoms with E-state index >= 15 is 0 Å². The maximum Gasteiger partial charge on any atom is 0.355 e. The van der Waals surface area contributed by atoms with Crippen LogP contribution < -0.4 is 11.2 Å². The molecular formula is C20H23FN2O10. The van der Waals surface area contributed by atoms with Gasteiger partial charge in [-0.25, -0.2) is 28.5 Å². The summed E-state index contributed by atoms with van der Waals surface area (Å²) in [4.78, 5) is 74.0. The van der Waals surface area contributed by atoms with Crippen LogP contribution in [0.2, 0.25) is 0 Å². The summed E-state index contributed by atoms with van der Waals surface area (Å²) >= 11 is 0. The Bertz CT molecular complexity index is 1100. The van der Waals surface area contributed by atoms with Gasteiger partial charge in [0.05, 0.1) is 44.8 Å². The van der Waals surface area contributed by atoms with Crippen molar-refractivity contribution in [1.29, 1.82) is 0 Å². The van der Waals surface area contributed by atoms with Gasteiger partial charge in [-0.15, -0.1) is 0 Å². The van der Waals surface area contributed by atoms with E-state index < -0.39 is 52.3 Å². The Morgan fingerprint density at radius 3 is 1.67 bits per heavy atom. The molecule has 1 aromatic rings. The van der Waals surface area contributed by atoms with Crippen molar-refractivity contribution < 1.29 is 42.5 Å². The maximum absolute atomic E-state index is 14.5. The molecule has 0 spiro atoms. The fourth-order valence-corrected chi connectivity index (χ4v) is 2.35. The monoisotopic (exact) mass is 470 g/mol. The summed E-state index contributed by atoms with van der Waals surface area (Å²) in [6.07, 6.45) is 1.35. The van der Waals surface area contributed by atoms with Crippen molar-refractivity contribution in [3.8, 4) is 0 Å². The summed E-state index contributed by atoms with van der Waals surface area (Å²) in [5, 5.41) is 0. The zero-order chi connectivity index (χ0) is 25.1. The molecule has 0 aliphatic rings. The molecule has 0 saturated heterocycles. The summed E-state index contributed by atoms with van der Waals surface area (Å²) in [6, 6.07) is 0. The van der Waals surface area contributed by atoms with Crippen LogP contribution in [0.25, 0.3) is 11.4 Å². The van der Waals surface area contributed by atoms with Crippen LogP contribution in [0.15, 0.2) is 27.9 Å². The Labute approximate surface area is 186 Å². The highest BCUT2D eigenvalue weighted by atomic mass is 19.1. The van der Waals surface area contributed by atoms with Crippen LogP contribution in [0.5, 0.6) is 0 Å². The molecule has 1 aromatic heterocycles. The van der Waals surface area contributed by atoms with Crippen LogP contribution in [0.1, 0.15) is 27.7 Å². The van der Waals surface area contributed by atoms with Crippen molar-refractivity contribution in [3.05, 3.63) is 45.0 Å². The number of ether oxygens (including phenoxy) is 4. The molecule has 1 heterocycles. The molecule has 0 unspecified atom stereocenters. The van der Waals surface area contributed by atoms with Gasteiger partial charge in [0.25, 0.3) is 5.56 Å². The Morgan fingerprint density at radius 1 is 0.788 bits per heavy atom. The van der Waals surface area contributed by atoms with E-state index in [-0.39, 0.29) is 35.6 Å². The minimum absolute atomic E-state index is 0.0253. The Balaban J connectivity index is 3.95. The quantitative estimate of drug-likeness (QED) is 0.261. The molecule has 0 saturated carbocycles. The van der Waals surface area contributed by atoms with Gasteiger partial charge in [-0.3, -0.25) is 9.36 Å². The average Bonchev–Trinajstić information content (AvgIpc) is 2.75. The molecule has 0 N–H and O–H groups in total. The number of hydrogen-bond acceptors (Lipinski definition) is 10. The first-order valence-electron chi connectivity index (χ1n) is 9.78. The van der Waals surface area contributed by atoms with Crippen molar-refractivity contribution in [2.75, 3.05) is 26.4 Å². The van der Waals surface area contributed by atoms with Gasteiger partial charge in [-0.1, -0.05) is 0 Å². The Hall–Kier alpha value is -4.03.